The Bertz CT molecular complexity index is 907. The number of aromatic nitrogens is 3. The Morgan fingerprint density at radius 1 is 1.18 bits per heavy atom. The van der Waals surface area contributed by atoms with Crippen LogP contribution in [0.5, 0.6) is 0 Å². The second kappa shape index (κ2) is 8.34. The first-order chi connectivity index (χ1) is 15.7. The van der Waals surface area contributed by atoms with E-state index in [9.17, 15) is 19.8 Å². The van der Waals surface area contributed by atoms with Crippen LogP contribution in [-0.2, 0) is 9.59 Å². The molecule has 1 aromatic heterocycles. The second-order valence-corrected chi connectivity index (χ2v) is 11.8. The predicted octanol–water partition coefficient (Wildman–Crippen LogP) is 1.23. The van der Waals surface area contributed by atoms with Gasteiger partial charge in [0.25, 0.3) is 0 Å². The van der Waals surface area contributed by atoms with E-state index in [4.69, 9.17) is 0 Å². The lowest BCUT2D eigenvalue weighted by Gasteiger charge is -2.36. The molecule has 4 fully saturated rings. The van der Waals surface area contributed by atoms with Crippen LogP contribution >= 0.6 is 0 Å². The fraction of sp³-hybridized carbons (Fsp3) is 0.833. The number of aliphatic hydroxyl groups excluding tert-OH is 2. The van der Waals surface area contributed by atoms with Crippen molar-refractivity contribution in [1.82, 2.24) is 25.2 Å². The molecule has 0 radical (unpaired) electrons. The maximum absolute atomic E-state index is 13.8. The first-order valence-corrected chi connectivity index (χ1v) is 12.5. The minimum Gasteiger partial charge on any atom is -0.396 e. The van der Waals surface area contributed by atoms with E-state index in [1.54, 1.807) is 4.68 Å². The van der Waals surface area contributed by atoms with Crippen LogP contribution in [0.15, 0.2) is 6.20 Å². The SMILES string of the molecule is CC(C)(C)[C@H](C(=O)N1C[C@H](O)C[C@H]1C(=O)NC1C2CCC(C2)C1CO)n1cc(C2CC2)nn1. The summed E-state index contributed by atoms with van der Waals surface area (Å²) in [6.45, 7) is 6.15. The first-order valence-electron chi connectivity index (χ1n) is 12.5. The molecule has 2 bridgehead atoms. The monoisotopic (exact) mass is 459 g/mol. The van der Waals surface area contributed by atoms with Crippen LogP contribution in [0.25, 0.3) is 0 Å². The summed E-state index contributed by atoms with van der Waals surface area (Å²) < 4.78 is 1.65. The number of rotatable bonds is 6. The molecule has 2 amide bonds. The molecule has 4 aliphatic rings. The number of carbonyl (C=O) groups is 2. The van der Waals surface area contributed by atoms with E-state index >= 15 is 0 Å². The minimum atomic E-state index is -0.739. The highest BCUT2D eigenvalue weighted by molar-refractivity contribution is 5.90. The van der Waals surface area contributed by atoms with E-state index < -0.39 is 23.6 Å². The van der Waals surface area contributed by atoms with E-state index in [1.807, 2.05) is 27.0 Å². The number of β-amino-alcohol motifs (C(OH)–C–C–N with tert-alkyl or cyclic N) is 1. The summed E-state index contributed by atoms with van der Waals surface area (Å²) in [7, 11) is 0. The summed E-state index contributed by atoms with van der Waals surface area (Å²) >= 11 is 0. The summed E-state index contributed by atoms with van der Waals surface area (Å²) in [5.74, 6) is 0.948. The van der Waals surface area contributed by atoms with Crippen molar-refractivity contribution in [3.05, 3.63) is 11.9 Å². The summed E-state index contributed by atoms with van der Waals surface area (Å²) in [4.78, 5) is 28.8. The van der Waals surface area contributed by atoms with E-state index in [0.717, 1.165) is 37.8 Å². The normalized spacial score (nSPS) is 34.6. The number of nitrogens with one attached hydrogen (secondary N) is 1. The molecule has 182 valence electrons. The van der Waals surface area contributed by atoms with Gasteiger partial charge in [0.05, 0.1) is 11.8 Å². The Labute approximate surface area is 194 Å². The largest absolute Gasteiger partial charge is 0.396 e. The molecule has 3 N–H and O–H groups in total. The van der Waals surface area contributed by atoms with Gasteiger partial charge in [0.2, 0.25) is 11.8 Å². The fourth-order valence-corrected chi connectivity index (χ4v) is 6.48. The zero-order valence-electron chi connectivity index (χ0n) is 19.9. The Kier molecular flexibility index (Phi) is 5.76. The Morgan fingerprint density at radius 3 is 2.58 bits per heavy atom. The molecule has 0 spiro atoms. The van der Waals surface area contributed by atoms with Gasteiger partial charge in [-0.15, -0.1) is 5.10 Å². The van der Waals surface area contributed by atoms with Crippen molar-refractivity contribution in [2.75, 3.05) is 13.2 Å². The average molecular weight is 460 g/mol. The summed E-state index contributed by atoms with van der Waals surface area (Å²) in [5, 5.41) is 32.0. The van der Waals surface area contributed by atoms with Crippen molar-refractivity contribution >= 4 is 11.8 Å². The van der Waals surface area contributed by atoms with Crippen LogP contribution < -0.4 is 5.32 Å². The van der Waals surface area contributed by atoms with E-state index in [-0.39, 0.29) is 43.3 Å². The minimum absolute atomic E-state index is 0.0502. The van der Waals surface area contributed by atoms with Crippen LogP contribution in [0.1, 0.15) is 76.9 Å². The van der Waals surface area contributed by atoms with E-state index in [2.05, 4.69) is 15.6 Å². The quantitative estimate of drug-likeness (QED) is 0.588. The predicted molar refractivity (Wildman–Crippen MR) is 120 cm³/mol. The lowest BCUT2D eigenvalue weighted by molar-refractivity contribution is -0.144. The van der Waals surface area contributed by atoms with Gasteiger partial charge in [0.1, 0.15) is 12.1 Å². The average Bonchev–Trinajstić information content (AvgIpc) is 3.11. The van der Waals surface area contributed by atoms with Crippen molar-refractivity contribution in [2.45, 2.75) is 89.4 Å². The van der Waals surface area contributed by atoms with Crippen LogP contribution in [0.2, 0.25) is 0 Å². The molecule has 1 aliphatic heterocycles. The third-order valence-corrected chi connectivity index (χ3v) is 8.32. The number of hydrogen-bond acceptors (Lipinski definition) is 6. The van der Waals surface area contributed by atoms with Gasteiger partial charge in [-0.05, 0) is 49.4 Å². The van der Waals surface area contributed by atoms with Gasteiger partial charge in [-0.2, -0.15) is 0 Å². The van der Waals surface area contributed by atoms with Crippen LogP contribution in [0.4, 0.5) is 0 Å². The second-order valence-electron chi connectivity index (χ2n) is 11.8. The van der Waals surface area contributed by atoms with Crippen molar-refractivity contribution in [3.63, 3.8) is 0 Å². The molecule has 7 atom stereocenters. The molecule has 3 aliphatic carbocycles. The highest BCUT2D eigenvalue weighted by Gasteiger charge is 2.50. The molecule has 33 heavy (non-hydrogen) atoms. The molecule has 1 saturated heterocycles. The third-order valence-electron chi connectivity index (χ3n) is 8.32. The van der Waals surface area contributed by atoms with Gasteiger partial charge in [0.15, 0.2) is 0 Å². The van der Waals surface area contributed by atoms with Crippen LogP contribution in [0, 0.1) is 23.2 Å². The van der Waals surface area contributed by atoms with Crippen LogP contribution in [0.3, 0.4) is 0 Å². The van der Waals surface area contributed by atoms with Gasteiger partial charge in [-0.3, -0.25) is 9.59 Å². The van der Waals surface area contributed by atoms with Crippen LogP contribution in [-0.4, -0.2) is 73.3 Å². The standard InChI is InChI=1S/C24H37N5O4/c1-24(2,3)21(29-11-18(26-27-29)13-4-5-13)23(33)28-10-16(31)9-19(28)22(32)25-20-15-7-6-14(8-15)17(20)12-30/h11,13-17,19-21,30-31H,4-10,12H2,1-3H3,(H,25,32)/t14?,15?,16-,17?,19+,20?,21+/m1/s1. The number of amides is 2. The maximum Gasteiger partial charge on any atom is 0.248 e. The van der Waals surface area contributed by atoms with Crippen molar-refractivity contribution in [1.29, 1.82) is 0 Å². The molecular weight excluding hydrogens is 422 g/mol. The Balaban J connectivity index is 1.35. The highest BCUT2D eigenvalue weighted by atomic mass is 16.3. The van der Waals surface area contributed by atoms with E-state index in [0.29, 0.717) is 17.8 Å². The lowest BCUT2D eigenvalue weighted by atomic mass is 9.84. The Morgan fingerprint density at radius 2 is 1.91 bits per heavy atom. The molecule has 2 heterocycles. The number of carbonyl (C=O) groups excluding carboxylic acids is 2. The number of hydrogen-bond donors (Lipinski definition) is 3. The molecular formula is C24H37N5O4. The Hall–Kier alpha value is -2.00. The smallest absolute Gasteiger partial charge is 0.248 e. The number of likely N-dealkylation sites (tertiary alicyclic amines) is 1. The molecule has 1 aromatic rings. The molecule has 9 heteroatoms. The summed E-state index contributed by atoms with van der Waals surface area (Å²) in [6.07, 6.45) is 6.80. The number of fused-ring (bicyclic) bond motifs is 2. The zero-order valence-corrected chi connectivity index (χ0v) is 19.9. The van der Waals surface area contributed by atoms with Gasteiger partial charge in [0, 0.05) is 43.6 Å². The molecule has 4 unspecified atom stereocenters. The lowest BCUT2D eigenvalue weighted by Crippen LogP contribution is -2.54. The number of aliphatic hydroxyl groups is 2. The third kappa shape index (κ3) is 4.18. The maximum atomic E-state index is 13.8. The van der Waals surface area contributed by atoms with Crippen molar-refractivity contribution in [2.24, 2.45) is 23.2 Å². The fourth-order valence-electron chi connectivity index (χ4n) is 6.48. The first kappa shape index (κ1) is 22.8. The topological polar surface area (TPSA) is 121 Å². The summed E-state index contributed by atoms with van der Waals surface area (Å²) in [5.41, 5.74) is 0.464. The van der Waals surface area contributed by atoms with Gasteiger partial charge >= 0.3 is 0 Å². The molecule has 0 aromatic carbocycles. The molecule has 9 nitrogen and oxygen atoms in total. The number of nitrogens with zero attached hydrogens (tertiary/aromatic N) is 4. The van der Waals surface area contributed by atoms with Gasteiger partial charge < -0.3 is 20.4 Å². The highest BCUT2D eigenvalue weighted by Crippen LogP contribution is 2.48. The molecule has 5 rings (SSSR count). The van der Waals surface area contributed by atoms with Crippen molar-refractivity contribution < 1.29 is 19.8 Å². The van der Waals surface area contributed by atoms with Gasteiger partial charge in [-0.25, -0.2) is 4.68 Å². The molecule has 3 saturated carbocycles. The van der Waals surface area contributed by atoms with Gasteiger partial charge in [-0.1, -0.05) is 26.0 Å². The van der Waals surface area contributed by atoms with Crippen molar-refractivity contribution in [3.8, 4) is 0 Å². The summed E-state index contributed by atoms with van der Waals surface area (Å²) in [6, 6.07) is -1.39. The van der Waals surface area contributed by atoms with E-state index in [1.165, 1.54) is 4.90 Å². The zero-order chi connectivity index (χ0) is 23.5.